The third-order valence-corrected chi connectivity index (χ3v) is 6.42. The first-order valence-corrected chi connectivity index (χ1v) is 9.46. The minimum absolute atomic E-state index is 0.598. The van der Waals surface area contributed by atoms with Gasteiger partial charge >= 0.3 is 0 Å². The summed E-state index contributed by atoms with van der Waals surface area (Å²) in [6.45, 7) is 10.00. The van der Waals surface area contributed by atoms with Crippen LogP contribution in [0.25, 0.3) is 0 Å². The first kappa shape index (κ1) is 16.4. The molecule has 2 rings (SSSR count). The van der Waals surface area contributed by atoms with Gasteiger partial charge in [-0.25, -0.2) is 0 Å². The molecule has 0 aliphatic heterocycles. The van der Waals surface area contributed by atoms with Crippen LogP contribution in [0.2, 0.25) is 0 Å². The van der Waals surface area contributed by atoms with Crippen molar-refractivity contribution in [1.29, 1.82) is 0 Å². The van der Waals surface area contributed by atoms with Crippen LogP contribution in [0.5, 0.6) is 0 Å². The van der Waals surface area contributed by atoms with Crippen LogP contribution in [-0.2, 0) is 0 Å². The van der Waals surface area contributed by atoms with Crippen molar-refractivity contribution in [3.8, 4) is 0 Å². The van der Waals surface area contributed by atoms with E-state index in [4.69, 9.17) is 0 Å². The van der Waals surface area contributed by atoms with Gasteiger partial charge in [-0.2, -0.15) is 0 Å². The fourth-order valence-corrected chi connectivity index (χ4v) is 4.74. The van der Waals surface area contributed by atoms with Crippen LogP contribution in [0.3, 0.4) is 0 Å². The Kier molecular flexibility index (Phi) is 5.99. The minimum atomic E-state index is 0.598. The second kappa shape index (κ2) is 7.32. The molecule has 2 atom stereocenters. The van der Waals surface area contributed by atoms with E-state index in [9.17, 15) is 0 Å². The smallest absolute Gasteiger partial charge is 0.0354 e. The third-order valence-electron chi connectivity index (χ3n) is 6.42. The van der Waals surface area contributed by atoms with Crippen LogP contribution in [0, 0.1) is 29.1 Å². The van der Waals surface area contributed by atoms with E-state index in [2.05, 4.69) is 27.7 Å². The highest BCUT2D eigenvalue weighted by molar-refractivity contribution is 4.81. The van der Waals surface area contributed by atoms with Crippen molar-refractivity contribution in [3.63, 3.8) is 0 Å². The maximum atomic E-state index is 2.52. The second-order valence-corrected chi connectivity index (χ2v) is 9.07. The zero-order valence-corrected chi connectivity index (χ0v) is 14.6. The Bertz CT molecular complexity index is 270. The summed E-state index contributed by atoms with van der Waals surface area (Å²) in [5, 5.41) is 0. The monoisotopic (exact) mass is 278 g/mol. The zero-order valence-electron chi connectivity index (χ0n) is 14.6. The highest BCUT2D eigenvalue weighted by atomic mass is 14.3. The summed E-state index contributed by atoms with van der Waals surface area (Å²) in [6, 6.07) is 0. The van der Waals surface area contributed by atoms with Gasteiger partial charge in [0, 0.05) is 0 Å². The Morgan fingerprint density at radius 1 is 0.650 bits per heavy atom. The zero-order chi connectivity index (χ0) is 14.6. The van der Waals surface area contributed by atoms with Gasteiger partial charge in [-0.15, -0.1) is 0 Å². The summed E-state index contributed by atoms with van der Waals surface area (Å²) in [5.74, 6) is 4.07. The molecular weight excluding hydrogens is 240 g/mol. The van der Waals surface area contributed by atoms with Crippen molar-refractivity contribution in [1.82, 2.24) is 0 Å². The fraction of sp³-hybridized carbons (Fsp3) is 1.00. The molecule has 118 valence electrons. The highest BCUT2D eigenvalue weighted by Crippen LogP contribution is 2.42. The molecule has 0 saturated heterocycles. The van der Waals surface area contributed by atoms with Gasteiger partial charge in [0.05, 0.1) is 0 Å². The molecule has 0 heterocycles. The molecule has 0 radical (unpaired) electrons. The highest BCUT2D eigenvalue weighted by Gasteiger charge is 2.29. The molecule has 0 bridgehead atoms. The predicted molar refractivity (Wildman–Crippen MR) is 89.9 cm³/mol. The lowest BCUT2D eigenvalue weighted by atomic mass is 9.69. The topological polar surface area (TPSA) is 0 Å². The maximum absolute atomic E-state index is 2.52. The molecule has 0 nitrogen and oxygen atoms in total. The molecule has 2 unspecified atom stereocenters. The summed E-state index contributed by atoms with van der Waals surface area (Å²) in [7, 11) is 0. The minimum Gasteiger partial charge on any atom is -0.0625 e. The lowest BCUT2D eigenvalue weighted by Crippen LogP contribution is -2.25. The lowest BCUT2D eigenvalue weighted by molar-refractivity contribution is 0.145. The van der Waals surface area contributed by atoms with Crippen LogP contribution in [0.1, 0.15) is 98.3 Å². The van der Waals surface area contributed by atoms with Crippen molar-refractivity contribution in [2.24, 2.45) is 29.1 Å². The first-order valence-electron chi connectivity index (χ1n) is 9.46. The Balaban J connectivity index is 1.95. The van der Waals surface area contributed by atoms with E-state index in [1.807, 2.05) is 0 Å². The van der Waals surface area contributed by atoms with E-state index in [0.29, 0.717) is 5.41 Å². The SMILES string of the molecule is CC1CCC(C2CCC(C)(C)CCCCC(C)C2)CC1. The van der Waals surface area contributed by atoms with Gasteiger partial charge in [0.25, 0.3) is 0 Å². The number of hydrogen-bond acceptors (Lipinski definition) is 0. The summed E-state index contributed by atoms with van der Waals surface area (Å²) in [5.41, 5.74) is 0.598. The molecule has 0 N–H and O–H groups in total. The molecule has 2 fully saturated rings. The molecule has 0 aromatic carbocycles. The molecular formula is C20H38. The van der Waals surface area contributed by atoms with Gasteiger partial charge in [0.15, 0.2) is 0 Å². The third kappa shape index (κ3) is 5.08. The Labute approximate surface area is 128 Å². The van der Waals surface area contributed by atoms with Crippen LogP contribution < -0.4 is 0 Å². The predicted octanol–water partition coefficient (Wildman–Crippen LogP) is 6.84. The van der Waals surface area contributed by atoms with Crippen molar-refractivity contribution < 1.29 is 0 Å². The average Bonchev–Trinajstić information content (AvgIpc) is 2.40. The summed E-state index contributed by atoms with van der Waals surface area (Å²) >= 11 is 0. The van der Waals surface area contributed by atoms with E-state index in [-0.39, 0.29) is 0 Å². The van der Waals surface area contributed by atoms with Gasteiger partial charge in [-0.05, 0) is 67.6 Å². The van der Waals surface area contributed by atoms with Crippen LogP contribution in [0.4, 0.5) is 0 Å². The largest absolute Gasteiger partial charge is 0.0625 e. The standard InChI is InChI=1S/C20H38/c1-16-8-10-18(11-9-16)19-12-14-20(3,4)13-6-5-7-17(2)15-19/h16-19H,5-15H2,1-4H3. The Morgan fingerprint density at radius 3 is 2.05 bits per heavy atom. The molecule has 2 aliphatic rings. The molecule has 20 heavy (non-hydrogen) atoms. The van der Waals surface area contributed by atoms with Crippen LogP contribution in [-0.4, -0.2) is 0 Å². The van der Waals surface area contributed by atoms with Gasteiger partial charge in [-0.1, -0.05) is 59.8 Å². The normalized spacial score (nSPS) is 40.2. The van der Waals surface area contributed by atoms with Gasteiger partial charge < -0.3 is 0 Å². The average molecular weight is 279 g/mol. The van der Waals surface area contributed by atoms with Gasteiger partial charge in [0.2, 0.25) is 0 Å². The quantitative estimate of drug-likeness (QED) is 0.493. The molecule has 2 aliphatic carbocycles. The van der Waals surface area contributed by atoms with E-state index in [0.717, 1.165) is 23.7 Å². The molecule has 0 amide bonds. The molecule has 0 spiro atoms. The van der Waals surface area contributed by atoms with Crippen LogP contribution in [0.15, 0.2) is 0 Å². The summed E-state index contributed by atoms with van der Waals surface area (Å²) in [4.78, 5) is 0. The van der Waals surface area contributed by atoms with E-state index >= 15 is 0 Å². The molecule has 2 saturated carbocycles. The van der Waals surface area contributed by atoms with Crippen molar-refractivity contribution in [2.75, 3.05) is 0 Å². The van der Waals surface area contributed by atoms with Crippen molar-refractivity contribution in [2.45, 2.75) is 98.3 Å². The number of rotatable bonds is 1. The summed E-state index contributed by atoms with van der Waals surface area (Å²) in [6.07, 6.45) is 16.4. The van der Waals surface area contributed by atoms with E-state index < -0.39 is 0 Å². The van der Waals surface area contributed by atoms with Gasteiger partial charge in [0.1, 0.15) is 0 Å². The molecule has 0 heteroatoms. The number of hydrogen-bond donors (Lipinski definition) is 0. The first-order chi connectivity index (χ1) is 9.46. The maximum Gasteiger partial charge on any atom is -0.0354 e. The molecule has 0 aromatic heterocycles. The van der Waals surface area contributed by atoms with Crippen molar-refractivity contribution >= 4 is 0 Å². The summed E-state index contributed by atoms with van der Waals surface area (Å²) < 4.78 is 0. The van der Waals surface area contributed by atoms with Crippen molar-refractivity contribution in [3.05, 3.63) is 0 Å². The van der Waals surface area contributed by atoms with Crippen LogP contribution >= 0.6 is 0 Å². The van der Waals surface area contributed by atoms with E-state index in [1.165, 1.54) is 70.6 Å². The Morgan fingerprint density at radius 2 is 1.35 bits per heavy atom. The molecule has 0 aromatic rings. The lowest BCUT2D eigenvalue weighted by Gasteiger charge is -2.37. The fourth-order valence-electron chi connectivity index (χ4n) is 4.74. The van der Waals surface area contributed by atoms with Gasteiger partial charge in [-0.3, -0.25) is 0 Å². The Hall–Kier alpha value is 0. The van der Waals surface area contributed by atoms with E-state index in [1.54, 1.807) is 0 Å². The second-order valence-electron chi connectivity index (χ2n) is 9.07.